The van der Waals surface area contributed by atoms with Crippen LogP contribution in [0.4, 0.5) is 0 Å². The van der Waals surface area contributed by atoms with Crippen LogP contribution >= 0.6 is 0 Å². The number of rotatable bonds is 5. The van der Waals surface area contributed by atoms with Crippen molar-refractivity contribution in [2.75, 3.05) is 31.6 Å². The van der Waals surface area contributed by atoms with Crippen LogP contribution in [-0.4, -0.2) is 66.7 Å². The Kier molecular flexibility index (Phi) is 5.83. The van der Waals surface area contributed by atoms with Crippen LogP contribution in [0.2, 0.25) is 0 Å². The lowest BCUT2D eigenvalue weighted by molar-refractivity contribution is -0.143. The summed E-state index contributed by atoms with van der Waals surface area (Å²) >= 11 is 0. The highest BCUT2D eigenvalue weighted by Crippen LogP contribution is 2.40. The van der Waals surface area contributed by atoms with Gasteiger partial charge in [0.2, 0.25) is 11.8 Å². The van der Waals surface area contributed by atoms with Crippen molar-refractivity contribution in [3.63, 3.8) is 0 Å². The summed E-state index contributed by atoms with van der Waals surface area (Å²) < 4.78 is 22.5. The molecule has 2 saturated heterocycles. The highest BCUT2D eigenvalue weighted by atomic mass is 32.2. The Labute approximate surface area is 160 Å². The highest BCUT2D eigenvalue weighted by Gasteiger charge is 2.41. The van der Waals surface area contributed by atoms with E-state index in [1.165, 1.54) is 0 Å². The van der Waals surface area contributed by atoms with Gasteiger partial charge in [0.05, 0.1) is 5.75 Å². The molecule has 0 N–H and O–H groups in total. The van der Waals surface area contributed by atoms with Crippen LogP contribution in [-0.2, 0) is 26.0 Å². The lowest BCUT2D eigenvalue weighted by Crippen LogP contribution is -2.52. The van der Waals surface area contributed by atoms with E-state index in [4.69, 9.17) is 0 Å². The van der Waals surface area contributed by atoms with Gasteiger partial charge in [0.1, 0.15) is 9.84 Å². The molecule has 8 heteroatoms. The number of sulfone groups is 1. The molecule has 0 atom stereocenters. The summed E-state index contributed by atoms with van der Waals surface area (Å²) in [6.07, 6.45) is 7.81. The SMILES string of the molecule is CS(=O)(=O)CCC(=O)N1CCC2(CCC(=O)N(Cc3ccncc3)C2)CC1. The number of piperidine rings is 2. The van der Waals surface area contributed by atoms with Gasteiger partial charge in [0.15, 0.2) is 0 Å². The zero-order chi connectivity index (χ0) is 19.5. The van der Waals surface area contributed by atoms with Gasteiger partial charge in [-0.2, -0.15) is 0 Å². The third-order valence-corrected chi connectivity index (χ3v) is 6.68. The minimum atomic E-state index is -3.12. The van der Waals surface area contributed by atoms with Crippen molar-refractivity contribution in [3.05, 3.63) is 30.1 Å². The summed E-state index contributed by atoms with van der Waals surface area (Å²) in [7, 11) is -3.12. The molecule has 1 spiro atoms. The number of pyridine rings is 1. The van der Waals surface area contributed by atoms with E-state index in [9.17, 15) is 18.0 Å². The van der Waals surface area contributed by atoms with Crippen molar-refractivity contribution in [2.24, 2.45) is 5.41 Å². The number of carbonyl (C=O) groups excluding carboxylic acids is 2. The van der Waals surface area contributed by atoms with Crippen molar-refractivity contribution in [2.45, 2.75) is 38.6 Å². The van der Waals surface area contributed by atoms with E-state index in [0.29, 0.717) is 26.1 Å². The monoisotopic (exact) mass is 393 g/mol. The molecule has 2 fully saturated rings. The van der Waals surface area contributed by atoms with Crippen LogP contribution in [0.15, 0.2) is 24.5 Å². The van der Waals surface area contributed by atoms with Gasteiger partial charge in [-0.05, 0) is 42.4 Å². The first-order valence-electron chi connectivity index (χ1n) is 9.39. The molecule has 1 aromatic rings. The molecule has 7 nitrogen and oxygen atoms in total. The number of amides is 2. The first kappa shape index (κ1) is 19.8. The lowest BCUT2D eigenvalue weighted by Gasteiger charge is -2.47. The maximum atomic E-state index is 12.4. The normalized spacial score (nSPS) is 20.1. The summed E-state index contributed by atoms with van der Waals surface area (Å²) in [4.78, 5) is 32.4. The predicted molar refractivity (Wildman–Crippen MR) is 101 cm³/mol. The Balaban J connectivity index is 1.56. The number of hydrogen-bond acceptors (Lipinski definition) is 5. The summed E-state index contributed by atoms with van der Waals surface area (Å²) in [5.74, 6) is 0.00158. The Bertz CT molecular complexity index is 786. The number of nitrogens with zero attached hydrogens (tertiary/aromatic N) is 3. The number of hydrogen-bond donors (Lipinski definition) is 0. The fraction of sp³-hybridized carbons (Fsp3) is 0.632. The maximum absolute atomic E-state index is 12.4. The van der Waals surface area contributed by atoms with Crippen molar-refractivity contribution >= 4 is 21.7 Å². The molecule has 0 aliphatic carbocycles. The number of carbonyl (C=O) groups is 2. The average Bonchev–Trinajstić information content (AvgIpc) is 2.64. The van der Waals surface area contributed by atoms with Gasteiger partial charge in [-0.1, -0.05) is 0 Å². The molecule has 3 heterocycles. The Morgan fingerprint density at radius 1 is 1.19 bits per heavy atom. The fourth-order valence-electron chi connectivity index (χ4n) is 4.02. The van der Waals surface area contributed by atoms with Crippen LogP contribution in [0, 0.1) is 5.41 Å². The quantitative estimate of drug-likeness (QED) is 0.751. The van der Waals surface area contributed by atoms with Gasteiger partial charge in [-0.25, -0.2) is 8.42 Å². The standard InChI is InChI=1S/C19H27N3O4S/c1-27(25,26)13-5-18(24)21-11-7-19(8-12-21)6-2-17(23)22(15-19)14-16-3-9-20-10-4-16/h3-4,9-10H,2,5-8,11-15H2,1H3. The van der Waals surface area contributed by atoms with Gasteiger partial charge in [0.25, 0.3) is 0 Å². The van der Waals surface area contributed by atoms with Gasteiger partial charge in [-0.15, -0.1) is 0 Å². The van der Waals surface area contributed by atoms with Crippen LogP contribution in [0.3, 0.4) is 0 Å². The molecule has 2 amide bonds. The van der Waals surface area contributed by atoms with Gasteiger partial charge in [0, 0.05) is 57.7 Å². The molecule has 0 saturated carbocycles. The van der Waals surface area contributed by atoms with Gasteiger partial charge in [-0.3, -0.25) is 14.6 Å². The Hall–Kier alpha value is -1.96. The second-order valence-electron chi connectivity index (χ2n) is 7.87. The summed E-state index contributed by atoms with van der Waals surface area (Å²) in [5, 5.41) is 0. The third kappa shape index (κ3) is 5.28. The average molecular weight is 394 g/mol. The van der Waals surface area contributed by atoms with E-state index in [-0.39, 0.29) is 29.4 Å². The molecular weight excluding hydrogens is 366 g/mol. The fourth-order valence-corrected chi connectivity index (χ4v) is 4.57. The van der Waals surface area contributed by atoms with Gasteiger partial charge < -0.3 is 9.80 Å². The van der Waals surface area contributed by atoms with E-state index in [2.05, 4.69) is 4.98 Å². The molecule has 27 heavy (non-hydrogen) atoms. The van der Waals surface area contributed by atoms with Crippen LogP contribution in [0.5, 0.6) is 0 Å². The summed E-state index contributed by atoms with van der Waals surface area (Å²) in [6, 6.07) is 3.86. The Morgan fingerprint density at radius 3 is 2.48 bits per heavy atom. The van der Waals surface area contributed by atoms with Crippen molar-refractivity contribution < 1.29 is 18.0 Å². The minimum absolute atomic E-state index is 0.0541. The minimum Gasteiger partial charge on any atom is -0.343 e. The molecule has 3 rings (SSSR count). The largest absolute Gasteiger partial charge is 0.343 e. The zero-order valence-electron chi connectivity index (χ0n) is 15.8. The molecule has 2 aliphatic rings. The molecule has 0 radical (unpaired) electrons. The first-order chi connectivity index (χ1) is 12.8. The van der Waals surface area contributed by atoms with Crippen LogP contribution < -0.4 is 0 Å². The van der Waals surface area contributed by atoms with E-state index in [0.717, 1.165) is 37.6 Å². The van der Waals surface area contributed by atoms with E-state index in [1.807, 2.05) is 17.0 Å². The maximum Gasteiger partial charge on any atom is 0.223 e. The molecule has 148 valence electrons. The van der Waals surface area contributed by atoms with E-state index < -0.39 is 9.84 Å². The van der Waals surface area contributed by atoms with Gasteiger partial charge >= 0.3 is 0 Å². The van der Waals surface area contributed by atoms with E-state index >= 15 is 0 Å². The molecule has 0 aromatic carbocycles. The molecule has 1 aromatic heterocycles. The topological polar surface area (TPSA) is 87.7 Å². The van der Waals surface area contributed by atoms with Crippen LogP contribution in [0.1, 0.15) is 37.7 Å². The smallest absolute Gasteiger partial charge is 0.223 e. The predicted octanol–water partition coefficient (Wildman–Crippen LogP) is 1.25. The number of aromatic nitrogens is 1. The van der Waals surface area contributed by atoms with E-state index in [1.54, 1.807) is 17.3 Å². The molecule has 2 aliphatic heterocycles. The zero-order valence-corrected chi connectivity index (χ0v) is 16.6. The Morgan fingerprint density at radius 2 is 1.85 bits per heavy atom. The second kappa shape index (κ2) is 7.96. The van der Waals surface area contributed by atoms with Crippen molar-refractivity contribution in [1.82, 2.24) is 14.8 Å². The van der Waals surface area contributed by atoms with Crippen LogP contribution in [0.25, 0.3) is 0 Å². The number of likely N-dealkylation sites (tertiary alicyclic amines) is 2. The molecule has 0 bridgehead atoms. The summed E-state index contributed by atoms with van der Waals surface area (Å²) in [5.41, 5.74) is 1.14. The third-order valence-electron chi connectivity index (χ3n) is 5.73. The lowest BCUT2D eigenvalue weighted by atomic mass is 9.72. The first-order valence-corrected chi connectivity index (χ1v) is 11.4. The summed E-state index contributed by atoms with van der Waals surface area (Å²) in [6.45, 7) is 2.60. The molecular formula is C19H27N3O4S. The highest BCUT2D eigenvalue weighted by molar-refractivity contribution is 7.90. The second-order valence-corrected chi connectivity index (χ2v) is 10.1. The molecule has 0 unspecified atom stereocenters. The van der Waals surface area contributed by atoms with Crippen molar-refractivity contribution in [3.8, 4) is 0 Å². The van der Waals surface area contributed by atoms with Crippen molar-refractivity contribution in [1.29, 1.82) is 0 Å².